The number of rotatable bonds is 15. The molecular formula is C45H52BrN3O12. The van der Waals surface area contributed by atoms with Crippen LogP contribution in [0.25, 0.3) is 0 Å². The number of nitrogens with one attached hydrogen (secondary N) is 3. The average molecular weight is 907 g/mol. The Balaban J connectivity index is 1.06. The molecule has 7 rings (SSSR count). The number of benzene rings is 2. The van der Waals surface area contributed by atoms with E-state index in [9.17, 15) is 49.2 Å². The molecule has 1 saturated heterocycles. The van der Waals surface area contributed by atoms with E-state index in [-0.39, 0.29) is 47.4 Å². The minimum atomic E-state index is -1.50. The summed E-state index contributed by atoms with van der Waals surface area (Å²) in [5, 5.41) is 49.4. The van der Waals surface area contributed by atoms with E-state index in [1.165, 1.54) is 0 Å². The molecule has 326 valence electrons. The first-order valence-electron chi connectivity index (χ1n) is 20.6. The SMILES string of the molecule is C[C@]12C=CC(=O)C=C1CC[C@@H]1[C@@H]2[C@@H](O)C[C@@]2(C)[C@H]1C[C@H]1O[C@@H](c3cccc(Cc4ccc(NC(=O)[C@H](CCC(=O)O)NC(=O)CNC(=O)CBr)c(CO)c4)c3)O[C@]12C(=O)CO. The summed E-state index contributed by atoms with van der Waals surface area (Å²) in [6, 6.07) is 11.4. The van der Waals surface area contributed by atoms with Gasteiger partial charge in [0.15, 0.2) is 23.5 Å². The van der Waals surface area contributed by atoms with E-state index in [1.54, 1.807) is 30.4 Å². The molecule has 0 radical (unpaired) electrons. The fourth-order valence-corrected chi connectivity index (χ4v) is 11.4. The van der Waals surface area contributed by atoms with E-state index in [2.05, 4.69) is 38.8 Å². The lowest BCUT2D eigenvalue weighted by atomic mass is 9.46. The van der Waals surface area contributed by atoms with Crippen molar-refractivity contribution in [1.29, 1.82) is 0 Å². The Kier molecular flexibility index (Phi) is 12.9. The molecule has 16 heteroatoms. The second-order valence-corrected chi connectivity index (χ2v) is 17.9. The van der Waals surface area contributed by atoms with Crippen LogP contribution in [-0.2, 0) is 51.3 Å². The number of carboxylic acids is 1. The normalized spacial score (nSPS) is 31.4. The summed E-state index contributed by atoms with van der Waals surface area (Å²) in [7, 11) is 0. The summed E-state index contributed by atoms with van der Waals surface area (Å²) in [6.07, 6.45) is 4.86. The molecule has 1 aliphatic heterocycles. The fraction of sp³-hybridized carbons (Fsp3) is 0.511. The van der Waals surface area contributed by atoms with Crippen molar-refractivity contribution in [2.75, 3.05) is 23.8 Å². The number of allylic oxidation sites excluding steroid dienone is 4. The molecule has 0 spiro atoms. The van der Waals surface area contributed by atoms with Gasteiger partial charge in [0, 0.05) is 40.0 Å². The maximum atomic E-state index is 14.0. The maximum absolute atomic E-state index is 14.0. The number of aliphatic hydroxyl groups is 3. The van der Waals surface area contributed by atoms with Crippen LogP contribution in [0, 0.1) is 28.6 Å². The molecule has 3 amide bonds. The Labute approximate surface area is 361 Å². The molecule has 7 N–H and O–H groups in total. The minimum Gasteiger partial charge on any atom is -0.481 e. The van der Waals surface area contributed by atoms with Crippen molar-refractivity contribution in [3.05, 3.63) is 88.5 Å². The van der Waals surface area contributed by atoms with Gasteiger partial charge in [0.2, 0.25) is 17.7 Å². The second kappa shape index (κ2) is 17.7. The van der Waals surface area contributed by atoms with Gasteiger partial charge in [0.05, 0.1) is 30.7 Å². The highest BCUT2D eigenvalue weighted by Crippen LogP contribution is 2.70. The van der Waals surface area contributed by atoms with Gasteiger partial charge in [-0.1, -0.05) is 77.8 Å². The highest BCUT2D eigenvalue weighted by molar-refractivity contribution is 9.09. The number of anilines is 1. The highest BCUT2D eigenvalue weighted by Gasteiger charge is 2.75. The zero-order valence-corrected chi connectivity index (χ0v) is 35.6. The number of aliphatic carboxylic acids is 1. The molecule has 5 aliphatic rings. The van der Waals surface area contributed by atoms with Crippen LogP contribution in [0.2, 0.25) is 0 Å². The predicted molar refractivity (Wildman–Crippen MR) is 223 cm³/mol. The third-order valence-corrected chi connectivity index (χ3v) is 14.4. The monoisotopic (exact) mass is 905 g/mol. The standard InChI is InChI=1S/C45H52BrN3O12/c1-43-13-12-29(52)17-28(43)7-8-30-31-18-36-45(35(54)23-51,44(31,2)19-34(53)40(30)43)61-42(60-36)26-5-3-4-24(15-26)14-25-6-9-32(27(16-25)22-50)49-41(59)33(10-11-39(57)58)48-38(56)21-47-37(55)20-46/h3-6,9,12-13,15-17,30-31,33-34,36,40,42,50-51,53H,7-8,10-11,14,18-23H2,1-2H3,(H,47,55)(H,48,56)(H,49,59)(H,57,58)/t30-,31-,33-,34-,36+,40+,42+,43-,44-,45+/m0/s1. The third kappa shape index (κ3) is 8.25. The zero-order chi connectivity index (χ0) is 43.9. The third-order valence-electron chi connectivity index (χ3n) is 13.9. The fourth-order valence-electron chi connectivity index (χ4n) is 11.2. The van der Waals surface area contributed by atoms with Gasteiger partial charge in [0.1, 0.15) is 12.6 Å². The minimum absolute atomic E-state index is 0.0238. The van der Waals surface area contributed by atoms with Crippen molar-refractivity contribution in [3.8, 4) is 0 Å². The Morgan fingerprint density at radius 1 is 1.03 bits per heavy atom. The number of ether oxygens (including phenoxy) is 2. The molecule has 0 unspecified atom stereocenters. The molecule has 10 atom stereocenters. The first kappa shape index (κ1) is 44.5. The lowest BCUT2D eigenvalue weighted by Crippen LogP contribution is -2.63. The van der Waals surface area contributed by atoms with Crippen LogP contribution in [0.4, 0.5) is 5.69 Å². The van der Waals surface area contributed by atoms with E-state index in [1.807, 2.05) is 37.3 Å². The van der Waals surface area contributed by atoms with Crippen molar-refractivity contribution in [2.24, 2.45) is 28.6 Å². The number of fused-ring (bicyclic) bond motifs is 7. The molecule has 1 heterocycles. The molecule has 3 saturated carbocycles. The molecule has 61 heavy (non-hydrogen) atoms. The summed E-state index contributed by atoms with van der Waals surface area (Å²) < 4.78 is 13.4. The van der Waals surface area contributed by atoms with Crippen molar-refractivity contribution in [1.82, 2.24) is 10.6 Å². The summed E-state index contributed by atoms with van der Waals surface area (Å²) in [6.45, 7) is 2.49. The molecule has 4 fully saturated rings. The van der Waals surface area contributed by atoms with Crippen LogP contribution in [0.1, 0.15) is 80.9 Å². The number of aliphatic hydroxyl groups excluding tert-OH is 3. The quantitative estimate of drug-likeness (QED) is 0.128. The zero-order valence-electron chi connectivity index (χ0n) is 34.0. The number of hydrogen-bond acceptors (Lipinski definition) is 11. The number of Topliss-reactive ketones (excluding diaryl/α,β-unsaturated/α-hetero) is 1. The number of carbonyl (C=O) groups excluding carboxylic acids is 5. The van der Waals surface area contributed by atoms with Gasteiger partial charge in [-0.3, -0.25) is 28.8 Å². The van der Waals surface area contributed by atoms with Crippen LogP contribution >= 0.6 is 15.9 Å². The summed E-state index contributed by atoms with van der Waals surface area (Å²) in [5.41, 5.74) is 1.14. The number of amides is 3. The van der Waals surface area contributed by atoms with Gasteiger partial charge in [-0.2, -0.15) is 0 Å². The van der Waals surface area contributed by atoms with Gasteiger partial charge in [-0.25, -0.2) is 0 Å². The molecular weight excluding hydrogens is 854 g/mol. The molecule has 15 nitrogen and oxygen atoms in total. The number of hydrogen-bond donors (Lipinski definition) is 7. The summed E-state index contributed by atoms with van der Waals surface area (Å²) in [5.74, 6) is -3.67. The van der Waals surface area contributed by atoms with Gasteiger partial charge < -0.3 is 45.9 Å². The molecule has 2 aromatic rings. The van der Waals surface area contributed by atoms with Gasteiger partial charge in [-0.15, -0.1) is 0 Å². The number of alkyl halides is 1. The number of halogens is 1. The van der Waals surface area contributed by atoms with E-state index in [4.69, 9.17) is 9.47 Å². The van der Waals surface area contributed by atoms with Crippen molar-refractivity contribution in [2.45, 2.75) is 95.5 Å². The van der Waals surface area contributed by atoms with E-state index >= 15 is 0 Å². The molecule has 2 aromatic carbocycles. The van der Waals surface area contributed by atoms with Crippen LogP contribution in [0.3, 0.4) is 0 Å². The average Bonchev–Trinajstić information content (AvgIpc) is 3.74. The van der Waals surface area contributed by atoms with Crippen molar-refractivity contribution in [3.63, 3.8) is 0 Å². The van der Waals surface area contributed by atoms with Crippen LogP contribution in [0.5, 0.6) is 0 Å². The highest BCUT2D eigenvalue weighted by atomic mass is 79.9. The first-order valence-corrected chi connectivity index (χ1v) is 21.7. The predicted octanol–water partition coefficient (Wildman–Crippen LogP) is 3.17. The Bertz CT molecular complexity index is 2180. The van der Waals surface area contributed by atoms with Crippen molar-refractivity contribution < 1.29 is 58.7 Å². The summed E-state index contributed by atoms with van der Waals surface area (Å²) in [4.78, 5) is 74.9. The number of carboxylic acid groups (broad SMARTS) is 1. The van der Waals surface area contributed by atoms with E-state index < -0.39 is 96.6 Å². The van der Waals surface area contributed by atoms with E-state index in [0.717, 1.165) is 23.1 Å². The largest absolute Gasteiger partial charge is 0.481 e. The van der Waals surface area contributed by atoms with Crippen molar-refractivity contribution >= 4 is 56.9 Å². The Morgan fingerprint density at radius 2 is 1.80 bits per heavy atom. The van der Waals surface area contributed by atoms with Crippen LogP contribution < -0.4 is 16.0 Å². The molecule has 4 aliphatic carbocycles. The Morgan fingerprint density at radius 3 is 2.52 bits per heavy atom. The van der Waals surface area contributed by atoms with E-state index in [0.29, 0.717) is 30.4 Å². The van der Waals surface area contributed by atoms with Gasteiger partial charge in [-0.05, 0) is 79.7 Å². The van der Waals surface area contributed by atoms with Gasteiger partial charge >= 0.3 is 5.97 Å². The smallest absolute Gasteiger partial charge is 0.303 e. The number of carbonyl (C=O) groups is 6. The lowest BCUT2D eigenvalue weighted by molar-refractivity contribution is -0.201. The maximum Gasteiger partial charge on any atom is 0.303 e. The molecule has 0 bridgehead atoms. The van der Waals surface area contributed by atoms with Gasteiger partial charge in [0.25, 0.3) is 0 Å². The topological polar surface area (TPSA) is 238 Å². The Hall–Kier alpha value is -4.58. The number of ketones is 2. The first-order chi connectivity index (χ1) is 29.1. The second-order valence-electron chi connectivity index (χ2n) is 17.4. The molecule has 0 aromatic heterocycles. The lowest BCUT2D eigenvalue weighted by Gasteiger charge is -2.59. The van der Waals surface area contributed by atoms with Crippen LogP contribution in [0.15, 0.2) is 66.3 Å². The van der Waals surface area contributed by atoms with Crippen LogP contribution in [-0.4, -0.2) is 98.0 Å². The summed E-state index contributed by atoms with van der Waals surface area (Å²) >= 11 is 2.98.